The van der Waals surface area contributed by atoms with Crippen molar-refractivity contribution in [3.8, 4) is 0 Å². The van der Waals surface area contributed by atoms with Crippen LogP contribution in [0.5, 0.6) is 0 Å². The Morgan fingerprint density at radius 1 is 1.03 bits per heavy atom. The number of anilines is 1. The van der Waals surface area contributed by atoms with Gasteiger partial charge < -0.3 is 19.8 Å². The van der Waals surface area contributed by atoms with E-state index < -0.39 is 24.5 Å². The molecule has 2 aromatic carbocycles. The van der Waals surface area contributed by atoms with Crippen LogP contribution in [0.3, 0.4) is 0 Å². The van der Waals surface area contributed by atoms with Crippen molar-refractivity contribution in [2.24, 2.45) is 0 Å². The van der Waals surface area contributed by atoms with E-state index in [1.807, 2.05) is 0 Å². The molecule has 3 rings (SSSR count). The van der Waals surface area contributed by atoms with E-state index in [9.17, 15) is 19.2 Å². The van der Waals surface area contributed by atoms with Gasteiger partial charge in [-0.25, -0.2) is 9.78 Å². The van der Waals surface area contributed by atoms with Gasteiger partial charge in [-0.15, -0.1) is 0 Å². The molecular weight excluding hydrogens is 402 g/mol. The molecule has 0 spiro atoms. The van der Waals surface area contributed by atoms with E-state index in [-0.39, 0.29) is 25.0 Å². The van der Waals surface area contributed by atoms with Gasteiger partial charge in [0.25, 0.3) is 11.5 Å². The van der Waals surface area contributed by atoms with Gasteiger partial charge in [-0.3, -0.25) is 14.4 Å². The number of carbonyl (C=O) groups excluding carboxylic acids is 3. The molecule has 9 nitrogen and oxygen atoms in total. The van der Waals surface area contributed by atoms with Gasteiger partial charge in [-0.05, 0) is 43.3 Å². The maximum absolute atomic E-state index is 12.0. The standard InChI is InChI=1S/C22H21N3O6/c1-2-30-22(29)14-7-9-15(10-8-14)23-19(26)13-31-20(27)12-11-18-24-17-6-4-3-5-16(17)21(28)25-18/h3-10H,2,11-13H2,1H3,(H,23,26)(H,24,25,28). The number of rotatable bonds is 8. The monoisotopic (exact) mass is 423 g/mol. The molecule has 3 aromatic rings. The number of aromatic amines is 1. The predicted octanol–water partition coefficient (Wildman–Crippen LogP) is 2.21. The zero-order valence-corrected chi connectivity index (χ0v) is 16.8. The molecular formula is C22H21N3O6. The van der Waals surface area contributed by atoms with Gasteiger partial charge in [0.15, 0.2) is 6.61 Å². The van der Waals surface area contributed by atoms with Crippen molar-refractivity contribution in [2.75, 3.05) is 18.5 Å². The summed E-state index contributed by atoms with van der Waals surface area (Å²) >= 11 is 0. The van der Waals surface area contributed by atoms with Gasteiger partial charge >= 0.3 is 11.9 Å². The number of esters is 2. The second kappa shape index (κ2) is 10.1. The summed E-state index contributed by atoms with van der Waals surface area (Å²) in [4.78, 5) is 54.5. The van der Waals surface area contributed by atoms with Crippen LogP contribution in [0.2, 0.25) is 0 Å². The van der Waals surface area contributed by atoms with Crippen LogP contribution in [-0.4, -0.2) is 41.0 Å². The molecule has 0 atom stereocenters. The summed E-state index contributed by atoms with van der Waals surface area (Å²) in [5.41, 5.74) is 1.09. The van der Waals surface area contributed by atoms with Gasteiger partial charge in [-0.1, -0.05) is 12.1 Å². The first-order chi connectivity index (χ1) is 15.0. The first kappa shape index (κ1) is 21.7. The topological polar surface area (TPSA) is 127 Å². The highest BCUT2D eigenvalue weighted by Gasteiger charge is 2.11. The molecule has 1 amide bonds. The highest BCUT2D eigenvalue weighted by Crippen LogP contribution is 2.11. The summed E-state index contributed by atoms with van der Waals surface area (Å²) < 4.78 is 9.85. The lowest BCUT2D eigenvalue weighted by Crippen LogP contribution is -2.21. The summed E-state index contributed by atoms with van der Waals surface area (Å²) in [6, 6.07) is 13.1. The average molecular weight is 423 g/mol. The van der Waals surface area contributed by atoms with Crippen LogP contribution in [0.25, 0.3) is 10.9 Å². The zero-order valence-electron chi connectivity index (χ0n) is 16.8. The molecule has 0 saturated carbocycles. The third-order valence-corrected chi connectivity index (χ3v) is 4.27. The minimum Gasteiger partial charge on any atom is -0.462 e. The number of fused-ring (bicyclic) bond motifs is 1. The fourth-order valence-corrected chi connectivity index (χ4v) is 2.79. The molecule has 0 aliphatic heterocycles. The van der Waals surface area contributed by atoms with Crippen LogP contribution in [0.1, 0.15) is 29.5 Å². The quantitative estimate of drug-likeness (QED) is 0.532. The van der Waals surface area contributed by atoms with Crippen molar-refractivity contribution in [2.45, 2.75) is 19.8 Å². The summed E-state index contributed by atoms with van der Waals surface area (Å²) in [5, 5.41) is 3.04. The Labute approximate surface area is 177 Å². The van der Waals surface area contributed by atoms with Gasteiger partial charge in [0.2, 0.25) is 0 Å². The highest BCUT2D eigenvalue weighted by atomic mass is 16.5. The number of hydrogen-bond donors (Lipinski definition) is 2. The second-order valence-corrected chi connectivity index (χ2v) is 6.54. The Hall–Kier alpha value is -4.01. The van der Waals surface area contributed by atoms with E-state index in [2.05, 4.69) is 15.3 Å². The van der Waals surface area contributed by atoms with Crippen LogP contribution in [0, 0.1) is 0 Å². The van der Waals surface area contributed by atoms with Crippen molar-refractivity contribution in [1.29, 1.82) is 0 Å². The molecule has 1 heterocycles. The number of para-hydroxylation sites is 1. The maximum Gasteiger partial charge on any atom is 0.338 e. The first-order valence-corrected chi connectivity index (χ1v) is 9.67. The Morgan fingerprint density at radius 3 is 2.52 bits per heavy atom. The molecule has 0 fully saturated rings. The van der Waals surface area contributed by atoms with Crippen LogP contribution >= 0.6 is 0 Å². The number of benzene rings is 2. The fourth-order valence-electron chi connectivity index (χ4n) is 2.79. The van der Waals surface area contributed by atoms with Crippen molar-refractivity contribution in [3.63, 3.8) is 0 Å². The van der Waals surface area contributed by atoms with Crippen LogP contribution in [-0.2, 0) is 25.5 Å². The molecule has 0 saturated heterocycles. The molecule has 0 bridgehead atoms. The molecule has 31 heavy (non-hydrogen) atoms. The lowest BCUT2D eigenvalue weighted by molar-refractivity contribution is -0.147. The number of hydrogen-bond acceptors (Lipinski definition) is 7. The maximum atomic E-state index is 12.0. The average Bonchev–Trinajstić information content (AvgIpc) is 2.77. The minimum atomic E-state index is -0.594. The number of amides is 1. The Bertz CT molecular complexity index is 1150. The zero-order chi connectivity index (χ0) is 22.2. The van der Waals surface area contributed by atoms with Gasteiger partial charge in [0, 0.05) is 12.1 Å². The minimum absolute atomic E-state index is 0.0389. The van der Waals surface area contributed by atoms with Gasteiger partial charge in [0.05, 0.1) is 29.5 Å². The molecule has 160 valence electrons. The Kier molecular flexibility index (Phi) is 7.10. The van der Waals surface area contributed by atoms with Crippen LogP contribution in [0.15, 0.2) is 53.3 Å². The summed E-state index contributed by atoms with van der Waals surface area (Å²) in [7, 11) is 0. The normalized spacial score (nSPS) is 10.5. The summed E-state index contributed by atoms with van der Waals surface area (Å²) in [6.07, 6.45) is 0.138. The summed E-state index contributed by atoms with van der Waals surface area (Å²) in [5.74, 6) is -1.19. The third kappa shape index (κ3) is 5.99. The number of nitrogens with one attached hydrogen (secondary N) is 2. The number of aryl methyl sites for hydroxylation is 1. The predicted molar refractivity (Wildman–Crippen MR) is 113 cm³/mol. The van der Waals surface area contributed by atoms with E-state index in [4.69, 9.17) is 9.47 Å². The Balaban J connectivity index is 1.46. The molecule has 2 N–H and O–H groups in total. The summed E-state index contributed by atoms with van der Waals surface area (Å²) in [6.45, 7) is 1.53. The number of H-pyrrole nitrogens is 1. The second-order valence-electron chi connectivity index (χ2n) is 6.54. The van der Waals surface area contributed by atoms with Crippen LogP contribution < -0.4 is 10.9 Å². The van der Waals surface area contributed by atoms with Crippen molar-refractivity contribution < 1.29 is 23.9 Å². The number of ether oxygens (including phenoxy) is 2. The smallest absolute Gasteiger partial charge is 0.338 e. The molecule has 0 aliphatic carbocycles. The molecule has 1 aromatic heterocycles. The van der Waals surface area contributed by atoms with E-state index in [0.29, 0.717) is 28.0 Å². The lowest BCUT2D eigenvalue weighted by atomic mass is 10.2. The number of aromatic nitrogens is 2. The molecule has 0 unspecified atom stereocenters. The van der Waals surface area contributed by atoms with Crippen molar-refractivity contribution >= 4 is 34.4 Å². The number of nitrogens with zero attached hydrogens (tertiary/aromatic N) is 1. The third-order valence-electron chi connectivity index (χ3n) is 4.27. The van der Waals surface area contributed by atoms with E-state index in [1.54, 1.807) is 43.3 Å². The Morgan fingerprint density at radius 2 is 1.77 bits per heavy atom. The molecule has 0 aliphatic rings. The first-order valence-electron chi connectivity index (χ1n) is 9.67. The van der Waals surface area contributed by atoms with Crippen molar-refractivity contribution in [3.05, 3.63) is 70.3 Å². The van der Waals surface area contributed by atoms with Crippen molar-refractivity contribution in [1.82, 2.24) is 9.97 Å². The number of carbonyl (C=O) groups is 3. The molecule has 9 heteroatoms. The SMILES string of the molecule is CCOC(=O)c1ccc(NC(=O)COC(=O)CCc2nc3ccccc3c(=O)[nH]2)cc1. The van der Waals surface area contributed by atoms with Gasteiger partial charge in [-0.2, -0.15) is 0 Å². The van der Waals surface area contributed by atoms with E-state index in [1.165, 1.54) is 12.1 Å². The van der Waals surface area contributed by atoms with E-state index in [0.717, 1.165) is 0 Å². The van der Waals surface area contributed by atoms with E-state index >= 15 is 0 Å². The highest BCUT2D eigenvalue weighted by molar-refractivity contribution is 5.94. The largest absolute Gasteiger partial charge is 0.462 e. The lowest BCUT2D eigenvalue weighted by Gasteiger charge is -2.08. The van der Waals surface area contributed by atoms with Gasteiger partial charge in [0.1, 0.15) is 5.82 Å². The fraction of sp³-hybridized carbons (Fsp3) is 0.227. The molecule has 0 radical (unpaired) electrons. The van der Waals surface area contributed by atoms with Crippen LogP contribution in [0.4, 0.5) is 5.69 Å².